The summed E-state index contributed by atoms with van der Waals surface area (Å²) in [6.07, 6.45) is 1.95. The number of hydrogen-bond donors (Lipinski definition) is 4. The van der Waals surface area contributed by atoms with Gasteiger partial charge in [-0.25, -0.2) is 9.59 Å². The van der Waals surface area contributed by atoms with Crippen LogP contribution in [0.25, 0.3) is 0 Å². The zero-order chi connectivity index (χ0) is 19.5. The van der Waals surface area contributed by atoms with Crippen LogP contribution in [0.3, 0.4) is 0 Å². The Morgan fingerprint density at radius 1 is 1.19 bits per heavy atom. The van der Waals surface area contributed by atoms with E-state index in [1.54, 1.807) is 30.3 Å². The number of carbonyl (C=O) groups excluding carboxylic acids is 3. The molecule has 0 bridgehead atoms. The first-order valence-corrected chi connectivity index (χ1v) is 7.70. The molecule has 0 aliphatic rings. The highest BCUT2D eigenvalue weighted by atomic mass is 16.5. The highest BCUT2D eigenvalue weighted by molar-refractivity contribution is 5.95. The predicted molar refractivity (Wildman–Crippen MR) is 91.9 cm³/mol. The van der Waals surface area contributed by atoms with Crippen molar-refractivity contribution in [1.29, 1.82) is 0 Å². The summed E-state index contributed by atoms with van der Waals surface area (Å²) in [5.74, 6) is -3.25. The van der Waals surface area contributed by atoms with Crippen molar-refractivity contribution in [3.63, 3.8) is 0 Å². The molecular weight excluding hydrogens is 342 g/mol. The third-order valence-electron chi connectivity index (χ3n) is 3.30. The van der Waals surface area contributed by atoms with Gasteiger partial charge in [0.15, 0.2) is 0 Å². The van der Waals surface area contributed by atoms with E-state index in [9.17, 15) is 24.3 Å². The summed E-state index contributed by atoms with van der Waals surface area (Å²) in [5.41, 5.74) is 6.40. The molecule has 5 N–H and O–H groups in total. The fourth-order valence-electron chi connectivity index (χ4n) is 1.90. The van der Waals surface area contributed by atoms with Gasteiger partial charge in [-0.1, -0.05) is 30.3 Å². The number of aliphatic carboxylic acids is 1. The summed E-state index contributed by atoms with van der Waals surface area (Å²) in [4.78, 5) is 45.7. The van der Waals surface area contributed by atoms with Gasteiger partial charge in [0.1, 0.15) is 12.1 Å². The maximum atomic E-state index is 12.0. The van der Waals surface area contributed by atoms with E-state index < -0.39 is 35.8 Å². The second-order valence-electron chi connectivity index (χ2n) is 5.30. The van der Waals surface area contributed by atoms with Crippen LogP contribution in [0.2, 0.25) is 0 Å². The van der Waals surface area contributed by atoms with Gasteiger partial charge in [-0.15, -0.1) is 0 Å². The molecule has 9 nitrogen and oxygen atoms in total. The second kappa shape index (κ2) is 10.6. The van der Waals surface area contributed by atoms with E-state index in [0.717, 1.165) is 17.7 Å². The fraction of sp³-hybridized carbons (Fsp3) is 0.294. The number of benzene rings is 1. The summed E-state index contributed by atoms with van der Waals surface area (Å²) >= 11 is 0. The number of carbonyl (C=O) groups is 4. The molecular formula is C17H21N3O6. The summed E-state index contributed by atoms with van der Waals surface area (Å²) < 4.78 is 4.33. The van der Waals surface area contributed by atoms with Crippen LogP contribution in [0, 0.1) is 0 Å². The second-order valence-corrected chi connectivity index (χ2v) is 5.30. The predicted octanol–water partition coefficient (Wildman–Crippen LogP) is -1.03. The molecule has 0 aliphatic heterocycles. The number of nitrogens with two attached hydrogens (primary N) is 1. The van der Waals surface area contributed by atoms with Crippen LogP contribution in [0.1, 0.15) is 5.56 Å². The number of ether oxygens (including phenoxy) is 1. The van der Waals surface area contributed by atoms with Crippen LogP contribution in [0.5, 0.6) is 0 Å². The van der Waals surface area contributed by atoms with Crippen molar-refractivity contribution >= 4 is 23.8 Å². The van der Waals surface area contributed by atoms with E-state index in [1.165, 1.54) is 7.11 Å². The van der Waals surface area contributed by atoms with Crippen molar-refractivity contribution in [3.05, 3.63) is 48.0 Å². The smallest absolute Gasteiger partial charge is 0.330 e. The van der Waals surface area contributed by atoms with Gasteiger partial charge in [0.25, 0.3) is 0 Å². The lowest BCUT2D eigenvalue weighted by atomic mass is 10.1. The Kier molecular flexibility index (Phi) is 8.51. The number of nitrogens with one attached hydrogen (secondary N) is 2. The topological polar surface area (TPSA) is 148 Å². The fourth-order valence-corrected chi connectivity index (χ4v) is 1.90. The minimum atomic E-state index is -1.19. The average molecular weight is 363 g/mol. The van der Waals surface area contributed by atoms with Gasteiger partial charge in [0.05, 0.1) is 7.11 Å². The molecule has 1 rings (SSSR count). The minimum absolute atomic E-state index is 0.100. The number of esters is 1. The van der Waals surface area contributed by atoms with E-state index in [2.05, 4.69) is 15.4 Å². The largest absolute Gasteiger partial charge is 0.480 e. The SMILES string of the molecule is COC(=O)/C=C/C(=O)NCC(N)C(=O)N[C@@H](Cc1ccccc1)C(=O)O. The first-order chi connectivity index (χ1) is 12.3. The van der Waals surface area contributed by atoms with Crippen LogP contribution in [0.15, 0.2) is 42.5 Å². The van der Waals surface area contributed by atoms with Crippen LogP contribution >= 0.6 is 0 Å². The van der Waals surface area contributed by atoms with E-state index in [0.29, 0.717) is 0 Å². The summed E-state index contributed by atoms with van der Waals surface area (Å²) in [6.45, 7) is -0.228. The molecule has 0 spiro atoms. The number of carboxylic acid groups (broad SMARTS) is 1. The zero-order valence-electron chi connectivity index (χ0n) is 14.2. The molecule has 1 aromatic rings. The van der Waals surface area contributed by atoms with Crippen molar-refractivity contribution in [2.45, 2.75) is 18.5 Å². The van der Waals surface area contributed by atoms with Crippen molar-refractivity contribution in [3.8, 4) is 0 Å². The Hall–Kier alpha value is -3.20. The molecule has 0 saturated heterocycles. The lowest BCUT2D eigenvalue weighted by Crippen LogP contribution is -2.52. The molecule has 1 aromatic carbocycles. The molecule has 140 valence electrons. The molecule has 26 heavy (non-hydrogen) atoms. The van der Waals surface area contributed by atoms with Gasteiger partial charge < -0.3 is 26.2 Å². The van der Waals surface area contributed by atoms with Gasteiger partial charge in [-0.2, -0.15) is 0 Å². The lowest BCUT2D eigenvalue weighted by molar-refractivity contribution is -0.142. The monoisotopic (exact) mass is 363 g/mol. The Bertz CT molecular complexity index is 674. The number of carboxylic acids is 1. The molecule has 0 saturated carbocycles. The Labute approximate surface area is 150 Å². The average Bonchev–Trinajstić information content (AvgIpc) is 2.64. The molecule has 0 aliphatic carbocycles. The molecule has 0 radical (unpaired) electrons. The van der Waals surface area contributed by atoms with Crippen LogP contribution < -0.4 is 16.4 Å². The van der Waals surface area contributed by atoms with E-state index in [-0.39, 0.29) is 13.0 Å². The van der Waals surface area contributed by atoms with Gasteiger partial charge in [0.2, 0.25) is 11.8 Å². The number of methoxy groups -OCH3 is 1. The van der Waals surface area contributed by atoms with E-state index in [1.807, 2.05) is 0 Å². The summed E-state index contributed by atoms with van der Waals surface area (Å²) in [5, 5.41) is 13.9. The zero-order valence-corrected chi connectivity index (χ0v) is 14.2. The minimum Gasteiger partial charge on any atom is -0.480 e. The van der Waals surface area contributed by atoms with Gasteiger partial charge in [-0.3, -0.25) is 9.59 Å². The maximum absolute atomic E-state index is 12.0. The highest BCUT2D eigenvalue weighted by Gasteiger charge is 2.23. The Morgan fingerprint density at radius 3 is 2.42 bits per heavy atom. The number of hydrogen-bond acceptors (Lipinski definition) is 6. The van der Waals surface area contributed by atoms with Crippen molar-refractivity contribution < 1.29 is 29.0 Å². The molecule has 0 heterocycles. The summed E-state index contributed by atoms with van der Waals surface area (Å²) in [6, 6.07) is 6.52. The van der Waals surface area contributed by atoms with E-state index in [4.69, 9.17) is 5.73 Å². The van der Waals surface area contributed by atoms with Gasteiger partial charge in [-0.05, 0) is 5.56 Å². The molecule has 2 amide bonds. The Morgan fingerprint density at radius 2 is 1.85 bits per heavy atom. The van der Waals surface area contributed by atoms with E-state index >= 15 is 0 Å². The van der Waals surface area contributed by atoms with Crippen LogP contribution in [-0.2, 0) is 30.3 Å². The first-order valence-electron chi connectivity index (χ1n) is 7.70. The van der Waals surface area contributed by atoms with Crippen LogP contribution in [0.4, 0.5) is 0 Å². The van der Waals surface area contributed by atoms with Crippen LogP contribution in [-0.4, -0.2) is 54.6 Å². The normalized spacial score (nSPS) is 12.8. The molecule has 1 unspecified atom stereocenters. The summed E-state index contributed by atoms with van der Waals surface area (Å²) in [7, 11) is 1.17. The molecule has 0 aromatic heterocycles. The number of rotatable bonds is 9. The first kappa shape index (κ1) is 20.8. The molecule has 9 heteroatoms. The molecule has 0 fully saturated rings. The highest BCUT2D eigenvalue weighted by Crippen LogP contribution is 2.03. The quantitative estimate of drug-likeness (QED) is 0.324. The Balaban J connectivity index is 2.52. The van der Waals surface area contributed by atoms with Gasteiger partial charge in [0, 0.05) is 25.1 Å². The van der Waals surface area contributed by atoms with Crippen molar-refractivity contribution in [2.75, 3.05) is 13.7 Å². The lowest BCUT2D eigenvalue weighted by Gasteiger charge is -2.18. The third kappa shape index (κ3) is 7.58. The standard InChI is InChI=1S/C17H21N3O6/c1-26-15(22)8-7-14(21)19-10-12(18)16(23)20-13(17(24)25)9-11-5-3-2-4-6-11/h2-8,12-13H,9-10,18H2,1H3,(H,19,21)(H,20,23)(H,24,25)/b8-7+/t12?,13-/m0/s1. The van der Waals surface area contributed by atoms with Crippen molar-refractivity contribution in [1.82, 2.24) is 10.6 Å². The van der Waals surface area contributed by atoms with Crippen molar-refractivity contribution in [2.24, 2.45) is 5.73 Å². The number of amides is 2. The maximum Gasteiger partial charge on any atom is 0.330 e. The molecule has 2 atom stereocenters. The van der Waals surface area contributed by atoms with Gasteiger partial charge >= 0.3 is 11.9 Å². The third-order valence-corrected chi connectivity index (χ3v) is 3.30.